The normalized spacial score (nSPS) is 29.0. The topological polar surface area (TPSA) is 90.4 Å². The van der Waals surface area contributed by atoms with Crippen molar-refractivity contribution in [3.63, 3.8) is 0 Å². The zero-order chi connectivity index (χ0) is 28.3. The summed E-state index contributed by atoms with van der Waals surface area (Å²) in [6.45, 7) is 12.6. The number of carbonyl (C=O) groups is 3. The molecule has 1 aromatic rings. The number of benzene rings is 1. The molecule has 3 aliphatic rings. The van der Waals surface area contributed by atoms with Gasteiger partial charge in [0, 0.05) is 42.8 Å². The van der Waals surface area contributed by atoms with Gasteiger partial charge in [-0.15, -0.1) is 13.2 Å². The van der Waals surface area contributed by atoms with Gasteiger partial charge in [0.15, 0.2) is 0 Å². The van der Waals surface area contributed by atoms with Crippen molar-refractivity contribution in [3.05, 3.63) is 55.6 Å². The summed E-state index contributed by atoms with van der Waals surface area (Å²) in [7, 11) is 0. The summed E-state index contributed by atoms with van der Waals surface area (Å²) < 4.78 is 6.67. The van der Waals surface area contributed by atoms with Crippen molar-refractivity contribution < 1.29 is 24.2 Å². The zero-order valence-electron chi connectivity index (χ0n) is 22.9. The largest absolute Gasteiger partial charge is 0.396 e. The molecule has 0 aliphatic carbocycles. The first-order valence-electron chi connectivity index (χ1n) is 13.8. The fraction of sp³-hybridized carbons (Fsp3) is 0.567. The molecule has 3 unspecified atom stereocenters. The number of halogens is 1. The number of fused-ring (bicyclic) bond motifs is 1. The highest BCUT2D eigenvalue weighted by molar-refractivity contribution is 9.09. The van der Waals surface area contributed by atoms with Crippen LogP contribution in [0.3, 0.4) is 0 Å². The fourth-order valence-corrected chi connectivity index (χ4v) is 7.54. The maximum Gasteiger partial charge on any atom is 0.248 e. The minimum absolute atomic E-state index is 0.0780. The Morgan fingerprint density at radius 2 is 1.85 bits per heavy atom. The predicted molar refractivity (Wildman–Crippen MR) is 154 cm³/mol. The highest BCUT2D eigenvalue weighted by Crippen LogP contribution is 2.60. The van der Waals surface area contributed by atoms with E-state index in [1.165, 1.54) is 0 Å². The molecule has 3 saturated heterocycles. The van der Waals surface area contributed by atoms with E-state index in [1.807, 2.05) is 44.2 Å². The molecule has 3 fully saturated rings. The molecule has 0 saturated carbocycles. The second-order valence-electron chi connectivity index (χ2n) is 10.9. The highest BCUT2D eigenvalue weighted by Gasteiger charge is 2.76. The van der Waals surface area contributed by atoms with Gasteiger partial charge in [-0.25, -0.2) is 0 Å². The number of ether oxygens (including phenoxy) is 1. The monoisotopic (exact) mass is 601 g/mol. The number of alkyl halides is 1. The van der Waals surface area contributed by atoms with Crippen LogP contribution < -0.4 is 4.90 Å². The molecule has 212 valence electrons. The number of nitrogens with zero attached hydrogens (tertiary/aromatic N) is 3. The van der Waals surface area contributed by atoms with Crippen molar-refractivity contribution in [2.75, 3.05) is 31.1 Å². The van der Waals surface area contributed by atoms with Crippen LogP contribution in [0.1, 0.15) is 39.5 Å². The van der Waals surface area contributed by atoms with E-state index in [1.54, 1.807) is 26.9 Å². The zero-order valence-corrected chi connectivity index (χ0v) is 24.5. The number of anilines is 1. The average Bonchev–Trinajstić information content (AvgIpc) is 3.51. The van der Waals surface area contributed by atoms with Crippen LogP contribution in [0.15, 0.2) is 55.6 Å². The van der Waals surface area contributed by atoms with E-state index in [4.69, 9.17) is 4.74 Å². The smallest absolute Gasteiger partial charge is 0.248 e. The van der Waals surface area contributed by atoms with Gasteiger partial charge >= 0.3 is 0 Å². The molecule has 0 radical (unpaired) electrons. The molecule has 39 heavy (non-hydrogen) atoms. The summed E-state index contributed by atoms with van der Waals surface area (Å²) in [5, 5.41) is 9.25. The third kappa shape index (κ3) is 5.21. The molecule has 0 aromatic heterocycles. The molecule has 3 heterocycles. The number of unbranched alkanes of at least 4 members (excludes halogenated alkanes) is 2. The number of likely N-dealkylation sites (tertiary alicyclic amines) is 1. The molecule has 1 spiro atoms. The van der Waals surface area contributed by atoms with Crippen molar-refractivity contribution in [1.29, 1.82) is 0 Å². The second-order valence-corrected chi connectivity index (χ2v) is 12.1. The van der Waals surface area contributed by atoms with Gasteiger partial charge in [-0.1, -0.05) is 46.3 Å². The Labute approximate surface area is 239 Å². The molecule has 8 nitrogen and oxygen atoms in total. The van der Waals surface area contributed by atoms with E-state index >= 15 is 0 Å². The van der Waals surface area contributed by atoms with E-state index in [9.17, 15) is 19.5 Å². The van der Waals surface area contributed by atoms with Gasteiger partial charge in [-0.3, -0.25) is 14.4 Å². The molecule has 6 atom stereocenters. The lowest BCUT2D eigenvalue weighted by Gasteiger charge is -2.38. The quantitative estimate of drug-likeness (QED) is 0.212. The lowest BCUT2D eigenvalue weighted by Crippen LogP contribution is -2.58. The Morgan fingerprint density at radius 1 is 1.15 bits per heavy atom. The van der Waals surface area contributed by atoms with Crippen molar-refractivity contribution in [2.24, 2.45) is 11.8 Å². The Bertz CT molecular complexity index is 1080. The molecule has 2 bridgehead atoms. The Hall–Kier alpha value is -2.49. The standard InChI is InChI=1S/C30H40BrN3O5/c1-5-15-32(20(3)4)29(38)26-30-19-22(31)25(39-30)23(24(30)28(37)34(26)17-11-8-12-18-35)27(36)33(16-6-2)21-13-9-7-10-14-21/h5-7,9-10,13-14,20,22-26,35H,1-2,8,11-12,15-19H2,3-4H3/t22?,23-,24-,25-,26?,30?/m0/s1. The summed E-state index contributed by atoms with van der Waals surface area (Å²) in [6, 6.07) is 8.42. The van der Waals surface area contributed by atoms with Crippen LogP contribution in [0.5, 0.6) is 0 Å². The van der Waals surface area contributed by atoms with Crippen molar-refractivity contribution in [2.45, 2.75) is 68.1 Å². The number of rotatable bonds is 13. The first-order valence-corrected chi connectivity index (χ1v) is 14.8. The van der Waals surface area contributed by atoms with Crippen LogP contribution in [0.4, 0.5) is 5.69 Å². The number of amides is 3. The predicted octanol–water partition coefficient (Wildman–Crippen LogP) is 3.54. The molecular formula is C30H40BrN3O5. The van der Waals surface area contributed by atoms with E-state index in [-0.39, 0.29) is 35.2 Å². The fourth-order valence-electron chi connectivity index (χ4n) is 6.59. The minimum Gasteiger partial charge on any atom is -0.396 e. The molecular weight excluding hydrogens is 562 g/mol. The number of carbonyl (C=O) groups excluding carboxylic acids is 3. The van der Waals surface area contributed by atoms with Gasteiger partial charge in [-0.2, -0.15) is 0 Å². The number of hydrogen-bond donors (Lipinski definition) is 1. The minimum atomic E-state index is -1.10. The van der Waals surface area contributed by atoms with Crippen LogP contribution in [-0.4, -0.2) is 87.5 Å². The SMILES string of the molecule is C=CCN(C(=O)[C@H]1[C@H]2C(=O)N(CCCCCO)C(C(=O)N(CC=C)C(C)C)C23CC(Br)[C@@H]1O3)c1ccccc1. The molecule has 9 heteroatoms. The molecule has 3 amide bonds. The summed E-state index contributed by atoms with van der Waals surface area (Å²) in [5.74, 6) is -2.07. The summed E-state index contributed by atoms with van der Waals surface area (Å²) in [4.78, 5) is 47.6. The third-order valence-electron chi connectivity index (χ3n) is 8.24. The van der Waals surface area contributed by atoms with E-state index in [0.29, 0.717) is 38.9 Å². The van der Waals surface area contributed by atoms with Crippen LogP contribution in [0.25, 0.3) is 0 Å². The van der Waals surface area contributed by atoms with E-state index < -0.39 is 29.6 Å². The molecule has 3 aliphatic heterocycles. The molecule has 4 rings (SSSR count). The van der Waals surface area contributed by atoms with Crippen LogP contribution in [0.2, 0.25) is 0 Å². The maximum absolute atomic E-state index is 14.3. The first kappa shape index (κ1) is 29.5. The van der Waals surface area contributed by atoms with E-state index in [2.05, 4.69) is 29.1 Å². The van der Waals surface area contributed by atoms with Crippen LogP contribution in [0, 0.1) is 11.8 Å². The van der Waals surface area contributed by atoms with Gasteiger partial charge in [0.2, 0.25) is 17.7 Å². The lowest BCUT2D eigenvalue weighted by molar-refractivity contribution is -0.149. The van der Waals surface area contributed by atoms with Gasteiger partial charge in [0.05, 0.1) is 17.9 Å². The summed E-state index contributed by atoms with van der Waals surface area (Å²) in [5.41, 5.74) is -0.379. The highest BCUT2D eigenvalue weighted by atomic mass is 79.9. The van der Waals surface area contributed by atoms with Crippen molar-refractivity contribution in [1.82, 2.24) is 9.80 Å². The number of hydrogen-bond acceptors (Lipinski definition) is 5. The maximum atomic E-state index is 14.3. The Morgan fingerprint density at radius 3 is 2.46 bits per heavy atom. The summed E-state index contributed by atoms with van der Waals surface area (Å²) in [6.07, 6.45) is 5.30. The Balaban J connectivity index is 1.75. The van der Waals surface area contributed by atoms with Crippen LogP contribution >= 0.6 is 15.9 Å². The van der Waals surface area contributed by atoms with Gasteiger partial charge < -0.3 is 24.5 Å². The van der Waals surface area contributed by atoms with Gasteiger partial charge in [-0.05, 0) is 51.7 Å². The number of para-hydroxylation sites is 1. The van der Waals surface area contributed by atoms with Crippen molar-refractivity contribution in [3.8, 4) is 0 Å². The molecule has 1 aromatic carbocycles. The molecule has 1 N–H and O–H groups in total. The van der Waals surface area contributed by atoms with Gasteiger partial charge in [0.1, 0.15) is 11.6 Å². The van der Waals surface area contributed by atoms with Crippen LogP contribution in [-0.2, 0) is 19.1 Å². The Kier molecular flexibility index (Phi) is 9.34. The third-order valence-corrected chi connectivity index (χ3v) is 9.09. The second kappa shape index (κ2) is 12.4. The summed E-state index contributed by atoms with van der Waals surface area (Å²) >= 11 is 3.75. The number of aliphatic hydroxyl groups is 1. The van der Waals surface area contributed by atoms with Crippen molar-refractivity contribution >= 4 is 39.3 Å². The first-order chi connectivity index (χ1) is 18.7. The lowest BCUT2D eigenvalue weighted by atomic mass is 9.70. The van der Waals surface area contributed by atoms with Gasteiger partial charge in [0.25, 0.3) is 0 Å². The average molecular weight is 603 g/mol. The number of aliphatic hydroxyl groups excluding tert-OH is 1. The van der Waals surface area contributed by atoms with E-state index in [0.717, 1.165) is 12.1 Å².